The van der Waals surface area contributed by atoms with Gasteiger partial charge in [0.05, 0.1) is 24.8 Å². The predicted octanol–water partition coefficient (Wildman–Crippen LogP) is 3.65. The Balaban J connectivity index is 1.06. The minimum absolute atomic E-state index is 0.164. The molecule has 2 saturated heterocycles. The van der Waals surface area contributed by atoms with Gasteiger partial charge in [-0.3, -0.25) is 9.88 Å². The van der Waals surface area contributed by atoms with Crippen LogP contribution in [0.4, 0.5) is 11.6 Å². The molecule has 9 nitrogen and oxygen atoms in total. The molecular weight excluding hydrogens is 454 g/mol. The van der Waals surface area contributed by atoms with Gasteiger partial charge in [-0.2, -0.15) is 0 Å². The smallest absolute Gasteiger partial charge is 0.222 e. The van der Waals surface area contributed by atoms with Crippen molar-refractivity contribution in [3.05, 3.63) is 42.5 Å². The summed E-state index contributed by atoms with van der Waals surface area (Å²) in [4.78, 5) is 23.1. The largest absolute Gasteiger partial charge is 0.488 e. The molecule has 0 amide bonds. The minimum Gasteiger partial charge on any atom is -0.488 e. The van der Waals surface area contributed by atoms with Crippen molar-refractivity contribution in [2.45, 2.75) is 57.2 Å². The molecule has 0 atom stereocenters. The number of anilines is 2. The van der Waals surface area contributed by atoms with Gasteiger partial charge in [-0.1, -0.05) is 0 Å². The summed E-state index contributed by atoms with van der Waals surface area (Å²) < 4.78 is 12.1. The number of fused-ring (bicyclic) bond motifs is 1. The van der Waals surface area contributed by atoms with Crippen LogP contribution in [-0.4, -0.2) is 76.4 Å². The van der Waals surface area contributed by atoms with Crippen LogP contribution in [0.5, 0.6) is 5.75 Å². The van der Waals surface area contributed by atoms with E-state index in [1.165, 1.54) is 31.5 Å². The highest BCUT2D eigenvalue weighted by Crippen LogP contribution is 2.33. The molecule has 2 aromatic heterocycles. The molecule has 3 fully saturated rings. The molecule has 4 heterocycles. The molecule has 2 aliphatic heterocycles. The monoisotopic (exact) mass is 489 g/mol. The van der Waals surface area contributed by atoms with Crippen molar-refractivity contribution >= 4 is 22.7 Å². The summed E-state index contributed by atoms with van der Waals surface area (Å²) in [6, 6.07) is 4.60. The number of nitrogens with zero attached hydrogens (tertiary/aromatic N) is 6. The molecule has 1 saturated carbocycles. The third-order valence-electron chi connectivity index (χ3n) is 7.51. The number of ether oxygens (including phenoxy) is 2. The maximum absolute atomic E-state index is 6.55. The average Bonchev–Trinajstić information content (AvgIpc) is 3.44. The number of morpholine rings is 1. The van der Waals surface area contributed by atoms with E-state index in [1.54, 1.807) is 12.4 Å². The van der Waals surface area contributed by atoms with E-state index in [0.717, 1.165) is 86.9 Å². The first-order valence-corrected chi connectivity index (χ1v) is 13.3. The van der Waals surface area contributed by atoms with Gasteiger partial charge in [0.1, 0.15) is 11.3 Å². The second-order valence-electron chi connectivity index (χ2n) is 10.1. The van der Waals surface area contributed by atoms with E-state index in [9.17, 15) is 0 Å². The van der Waals surface area contributed by atoms with E-state index in [1.807, 2.05) is 12.4 Å². The molecule has 0 bridgehead atoms. The number of hydrogen-bond acceptors (Lipinski definition) is 9. The molecular formula is C27H35N7O2. The zero-order valence-electron chi connectivity index (χ0n) is 20.8. The van der Waals surface area contributed by atoms with Crippen molar-refractivity contribution in [3.8, 4) is 5.75 Å². The Morgan fingerprint density at radius 1 is 0.889 bits per heavy atom. The summed E-state index contributed by atoms with van der Waals surface area (Å²) in [5, 5.41) is 3.54. The maximum atomic E-state index is 6.55. The van der Waals surface area contributed by atoms with Gasteiger partial charge >= 0.3 is 0 Å². The van der Waals surface area contributed by atoms with Crippen LogP contribution in [0.2, 0.25) is 0 Å². The number of rotatable bonds is 7. The Morgan fingerprint density at radius 2 is 1.64 bits per heavy atom. The predicted molar refractivity (Wildman–Crippen MR) is 139 cm³/mol. The normalized spacial score (nSPS) is 23.2. The van der Waals surface area contributed by atoms with Crippen molar-refractivity contribution < 1.29 is 9.47 Å². The van der Waals surface area contributed by atoms with Crippen LogP contribution < -0.4 is 15.0 Å². The van der Waals surface area contributed by atoms with E-state index in [4.69, 9.17) is 9.47 Å². The van der Waals surface area contributed by atoms with Gasteiger partial charge in [0.25, 0.3) is 0 Å². The van der Waals surface area contributed by atoms with Crippen molar-refractivity contribution in [2.75, 3.05) is 49.6 Å². The van der Waals surface area contributed by atoms with Crippen molar-refractivity contribution in [1.82, 2.24) is 24.8 Å². The SMILES string of the molecule is c1cnc2c(O[C@H]3CC[C@@H](Nc4ncc(CN5CCCC5)cn4)CC3)cc(N3CCOCC3)cc2n1. The van der Waals surface area contributed by atoms with Crippen LogP contribution in [0, 0.1) is 0 Å². The first-order valence-electron chi connectivity index (χ1n) is 13.3. The number of aromatic nitrogens is 4. The fraction of sp³-hybridized carbons (Fsp3) is 0.556. The van der Waals surface area contributed by atoms with Crippen molar-refractivity contribution in [3.63, 3.8) is 0 Å². The summed E-state index contributed by atoms with van der Waals surface area (Å²) in [6.07, 6.45) is 14.2. The van der Waals surface area contributed by atoms with Crippen LogP contribution >= 0.6 is 0 Å². The molecule has 9 heteroatoms. The van der Waals surface area contributed by atoms with E-state index >= 15 is 0 Å². The van der Waals surface area contributed by atoms with E-state index in [0.29, 0.717) is 6.04 Å². The average molecular weight is 490 g/mol. The summed E-state index contributed by atoms with van der Waals surface area (Å²) in [7, 11) is 0. The van der Waals surface area contributed by atoms with Crippen LogP contribution in [0.25, 0.3) is 11.0 Å². The molecule has 3 aliphatic rings. The lowest BCUT2D eigenvalue weighted by Gasteiger charge is -2.31. The maximum Gasteiger partial charge on any atom is 0.222 e. The zero-order valence-corrected chi connectivity index (χ0v) is 20.8. The van der Waals surface area contributed by atoms with Crippen LogP contribution in [0.1, 0.15) is 44.1 Å². The Bertz CT molecular complexity index is 1140. The number of benzene rings is 1. The number of likely N-dealkylation sites (tertiary alicyclic amines) is 1. The molecule has 6 rings (SSSR count). The molecule has 36 heavy (non-hydrogen) atoms. The lowest BCUT2D eigenvalue weighted by molar-refractivity contribution is 0.122. The second-order valence-corrected chi connectivity index (χ2v) is 10.1. The Hall–Kier alpha value is -3.04. The number of hydrogen-bond donors (Lipinski definition) is 1. The minimum atomic E-state index is 0.164. The summed E-state index contributed by atoms with van der Waals surface area (Å²) in [5.74, 6) is 1.56. The van der Waals surface area contributed by atoms with Crippen LogP contribution in [0.3, 0.4) is 0 Å². The Labute approximate surface area is 212 Å². The second kappa shape index (κ2) is 10.9. The van der Waals surface area contributed by atoms with Crippen LogP contribution in [-0.2, 0) is 11.3 Å². The third-order valence-corrected chi connectivity index (χ3v) is 7.51. The van der Waals surface area contributed by atoms with Gasteiger partial charge in [0, 0.05) is 67.8 Å². The Morgan fingerprint density at radius 3 is 2.42 bits per heavy atom. The van der Waals surface area contributed by atoms with E-state index < -0.39 is 0 Å². The molecule has 0 radical (unpaired) electrons. The summed E-state index contributed by atoms with van der Waals surface area (Å²) in [6.45, 7) is 6.57. The van der Waals surface area contributed by atoms with Gasteiger partial charge in [-0.05, 0) is 57.7 Å². The molecule has 0 unspecified atom stereocenters. The van der Waals surface area contributed by atoms with Crippen LogP contribution in [0.15, 0.2) is 36.9 Å². The van der Waals surface area contributed by atoms with E-state index in [2.05, 4.69) is 47.2 Å². The fourth-order valence-electron chi connectivity index (χ4n) is 5.52. The molecule has 0 spiro atoms. The summed E-state index contributed by atoms with van der Waals surface area (Å²) in [5.41, 5.74) is 4.02. The van der Waals surface area contributed by atoms with Gasteiger partial charge in [0.15, 0.2) is 0 Å². The first-order chi connectivity index (χ1) is 17.8. The topological polar surface area (TPSA) is 88.5 Å². The van der Waals surface area contributed by atoms with E-state index in [-0.39, 0.29) is 6.10 Å². The first kappa shape index (κ1) is 23.4. The molecule has 1 aromatic carbocycles. The lowest BCUT2D eigenvalue weighted by Crippen LogP contribution is -2.36. The Kier molecular flexibility index (Phi) is 7.09. The van der Waals surface area contributed by atoms with Gasteiger partial charge in [-0.25, -0.2) is 15.0 Å². The quantitative estimate of drug-likeness (QED) is 0.534. The van der Waals surface area contributed by atoms with Gasteiger partial charge in [-0.15, -0.1) is 0 Å². The van der Waals surface area contributed by atoms with Gasteiger partial charge in [0.2, 0.25) is 5.95 Å². The van der Waals surface area contributed by atoms with Crippen molar-refractivity contribution in [1.29, 1.82) is 0 Å². The third kappa shape index (κ3) is 5.52. The number of nitrogens with one attached hydrogen (secondary N) is 1. The fourth-order valence-corrected chi connectivity index (χ4v) is 5.52. The molecule has 1 aliphatic carbocycles. The summed E-state index contributed by atoms with van der Waals surface area (Å²) >= 11 is 0. The van der Waals surface area contributed by atoms with Gasteiger partial charge < -0.3 is 19.7 Å². The highest BCUT2D eigenvalue weighted by molar-refractivity contribution is 5.85. The molecule has 190 valence electrons. The molecule has 3 aromatic rings. The molecule has 1 N–H and O–H groups in total. The highest BCUT2D eigenvalue weighted by atomic mass is 16.5. The zero-order chi connectivity index (χ0) is 24.2. The van der Waals surface area contributed by atoms with Crippen molar-refractivity contribution in [2.24, 2.45) is 0 Å². The lowest BCUT2D eigenvalue weighted by atomic mass is 9.93. The highest BCUT2D eigenvalue weighted by Gasteiger charge is 2.25. The standard InChI is InChI=1S/C27H35N7O2/c1-2-10-33(9-1)19-20-17-30-27(31-18-20)32-21-3-5-23(6-4-21)36-25-16-22(34-11-13-35-14-12-34)15-24-26(25)29-8-7-28-24/h7-8,15-18,21,23H,1-6,9-14,19H2,(H,30,31,32)/t21-,23+.